The molecule has 18 heavy (non-hydrogen) atoms. The second-order valence-corrected chi connectivity index (χ2v) is 5.54. The largest absolute Gasteiger partial charge is 0.331 e. The van der Waals surface area contributed by atoms with Crippen LogP contribution in [0.3, 0.4) is 0 Å². The SMILES string of the molecule is CCCN1CCC(n2cnc3c2CCNC3)CC1. The van der Waals surface area contributed by atoms with Crippen LogP contribution in [-0.4, -0.2) is 40.6 Å². The van der Waals surface area contributed by atoms with Gasteiger partial charge in [-0.05, 0) is 25.8 Å². The van der Waals surface area contributed by atoms with Crippen molar-refractivity contribution in [3.8, 4) is 0 Å². The monoisotopic (exact) mass is 248 g/mol. The summed E-state index contributed by atoms with van der Waals surface area (Å²) in [5, 5.41) is 3.40. The highest BCUT2D eigenvalue weighted by Crippen LogP contribution is 2.26. The lowest BCUT2D eigenvalue weighted by atomic mass is 10.0. The molecule has 2 aliphatic rings. The Hall–Kier alpha value is -0.870. The van der Waals surface area contributed by atoms with Crippen LogP contribution in [0.25, 0.3) is 0 Å². The van der Waals surface area contributed by atoms with Crippen molar-refractivity contribution in [1.82, 2.24) is 19.8 Å². The Labute approximate surface area is 109 Å². The summed E-state index contributed by atoms with van der Waals surface area (Å²) >= 11 is 0. The van der Waals surface area contributed by atoms with Gasteiger partial charge in [0.05, 0.1) is 12.0 Å². The molecule has 0 radical (unpaired) electrons. The van der Waals surface area contributed by atoms with Crippen molar-refractivity contribution in [2.24, 2.45) is 0 Å². The van der Waals surface area contributed by atoms with Gasteiger partial charge in [-0.3, -0.25) is 0 Å². The maximum atomic E-state index is 4.57. The van der Waals surface area contributed by atoms with Crippen LogP contribution in [0.5, 0.6) is 0 Å². The molecule has 3 heterocycles. The molecule has 3 rings (SSSR count). The topological polar surface area (TPSA) is 33.1 Å². The lowest BCUT2D eigenvalue weighted by molar-refractivity contribution is 0.185. The summed E-state index contributed by atoms with van der Waals surface area (Å²) in [7, 11) is 0. The molecule has 0 bridgehead atoms. The first-order valence-corrected chi connectivity index (χ1v) is 7.36. The first-order chi connectivity index (χ1) is 8.88. The van der Waals surface area contributed by atoms with E-state index in [1.54, 1.807) is 0 Å². The molecule has 1 saturated heterocycles. The third-order valence-electron chi connectivity index (χ3n) is 4.30. The van der Waals surface area contributed by atoms with Crippen LogP contribution in [0.1, 0.15) is 43.6 Å². The molecule has 1 aromatic rings. The molecule has 1 aromatic heterocycles. The van der Waals surface area contributed by atoms with Gasteiger partial charge in [0.25, 0.3) is 0 Å². The third kappa shape index (κ3) is 2.31. The highest BCUT2D eigenvalue weighted by atomic mass is 15.2. The molecule has 0 amide bonds. The van der Waals surface area contributed by atoms with Crippen LogP contribution in [0.2, 0.25) is 0 Å². The number of nitrogens with one attached hydrogen (secondary N) is 1. The fourth-order valence-electron chi connectivity index (χ4n) is 3.31. The second-order valence-electron chi connectivity index (χ2n) is 5.54. The van der Waals surface area contributed by atoms with E-state index in [1.807, 2.05) is 0 Å². The number of nitrogens with zero attached hydrogens (tertiary/aromatic N) is 3. The molecular weight excluding hydrogens is 224 g/mol. The number of imidazole rings is 1. The van der Waals surface area contributed by atoms with Crippen LogP contribution >= 0.6 is 0 Å². The van der Waals surface area contributed by atoms with Gasteiger partial charge in [-0.1, -0.05) is 6.92 Å². The van der Waals surface area contributed by atoms with Gasteiger partial charge in [0.1, 0.15) is 0 Å². The molecular formula is C14H24N4. The van der Waals surface area contributed by atoms with Crippen LogP contribution in [-0.2, 0) is 13.0 Å². The van der Waals surface area contributed by atoms with Gasteiger partial charge in [0, 0.05) is 44.3 Å². The molecule has 4 nitrogen and oxygen atoms in total. The van der Waals surface area contributed by atoms with Crippen LogP contribution < -0.4 is 5.32 Å². The first kappa shape index (κ1) is 12.2. The fraction of sp³-hybridized carbons (Fsp3) is 0.786. The smallest absolute Gasteiger partial charge is 0.0954 e. The quantitative estimate of drug-likeness (QED) is 0.881. The number of piperidine rings is 1. The van der Waals surface area contributed by atoms with Crippen molar-refractivity contribution in [3.63, 3.8) is 0 Å². The number of likely N-dealkylation sites (tertiary alicyclic amines) is 1. The van der Waals surface area contributed by atoms with E-state index in [2.05, 4.69) is 33.0 Å². The van der Waals surface area contributed by atoms with E-state index in [9.17, 15) is 0 Å². The maximum Gasteiger partial charge on any atom is 0.0954 e. The Morgan fingerprint density at radius 2 is 2.22 bits per heavy atom. The average Bonchev–Trinajstić information content (AvgIpc) is 2.84. The molecule has 0 unspecified atom stereocenters. The zero-order valence-corrected chi connectivity index (χ0v) is 11.4. The van der Waals surface area contributed by atoms with Crippen LogP contribution in [0.15, 0.2) is 6.33 Å². The molecule has 1 N–H and O–H groups in total. The van der Waals surface area contributed by atoms with E-state index in [4.69, 9.17) is 0 Å². The molecule has 0 aliphatic carbocycles. The van der Waals surface area contributed by atoms with E-state index in [1.165, 1.54) is 50.3 Å². The van der Waals surface area contributed by atoms with Gasteiger partial charge in [-0.15, -0.1) is 0 Å². The van der Waals surface area contributed by atoms with E-state index >= 15 is 0 Å². The lowest BCUT2D eigenvalue weighted by Crippen LogP contribution is -2.36. The van der Waals surface area contributed by atoms with Crippen LogP contribution in [0.4, 0.5) is 0 Å². The maximum absolute atomic E-state index is 4.57. The molecule has 0 aromatic carbocycles. The van der Waals surface area contributed by atoms with Crippen molar-refractivity contribution >= 4 is 0 Å². The molecule has 0 saturated carbocycles. The standard InChI is InChI=1S/C14H24N4/c1-2-7-17-8-4-12(5-9-17)18-11-16-13-10-15-6-3-14(13)18/h11-12,15H,2-10H2,1H3. The van der Waals surface area contributed by atoms with Crippen molar-refractivity contribution in [1.29, 1.82) is 0 Å². The first-order valence-electron chi connectivity index (χ1n) is 7.36. The number of hydrogen-bond donors (Lipinski definition) is 1. The molecule has 0 spiro atoms. The summed E-state index contributed by atoms with van der Waals surface area (Å²) in [5.41, 5.74) is 2.76. The van der Waals surface area contributed by atoms with E-state index in [0.717, 1.165) is 19.5 Å². The van der Waals surface area contributed by atoms with Crippen molar-refractivity contribution in [2.45, 2.75) is 45.2 Å². The number of fused-ring (bicyclic) bond motifs is 1. The normalized spacial score (nSPS) is 22.1. The summed E-state index contributed by atoms with van der Waals surface area (Å²) in [6.45, 7) is 8.10. The van der Waals surface area contributed by atoms with Crippen molar-refractivity contribution in [2.75, 3.05) is 26.2 Å². The van der Waals surface area contributed by atoms with Gasteiger partial charge in [-0.25, -0.2) is 4.98 Å². The van der Waals surface area contributed by atoms with Gasteiger partial charge in [-0.2, -0.15) is 0 Å². The summed E-state index contributed by atoms with van der Waals surface area (Å²) in [4.78, 5) is 7.17. The van der Waals surface area contributed by atoms with Gasteiger partial charge >= 0.3 is 0 Å². The highest BCUT2D eigenvalue weighted by molar-refractivity contribution is 5.17. The summed E-state index contributed by atoms with van der Waals surface area (Å²) < 4.78 is 2.47. The Bertz CT molecular complexity index is 390. The van der Waals surface area contributed by atoms with E-state index in [-0.39, 0.29) is 0 Å². The van der Waals surface area contributed by atoms with E-state index < -0.39 is 0 Å². The Kier molecular flexibility index (Phi) is 3.66. The number of aromatic nitrogens is 2. The predicted octanol–water partition coefficient (Wildman–Crippen LogP) is 1.58. The van der Waals surface area contributed by atoms with Crippen molar-refractivity contribution in [3.05, 3.63) is 17.7 Å². The molecule has 0 atom stereocenters. The highest BCUT2D eigenvalue weighted by Gasteiger charge is 2.24. The second kappa shape index (κ2) is 5.41. The van der Waals surface area contributed by atoms with Gasteiger partial charge in [0.15, 0.2) is 0 Å². The minimum atomic E-state index is 0.687. The fourth-order valence-corrected chi connectivity index (χ4v) is 3.31. The average molecular weight is 248 g/mol. The zero-order chi connectivity index (χ0) is 12.4. The summed E-state index contributed by atoms with van der Waals surface area (Å²) in [6, 6.07) is 0.687. The zero-order valence-electron chi connectivity index (χ0n) is 11.4. The van der Waals surface area contributed by atoms with Gasteiger partial charge in [0.2, 0.25) is 0 Å². The van der Waals surface area contributed by atoms with Gasteiger partial charge < -0.3 is 14.8 Å². The van der Waals surface area contributed by atoms with Crippen molar-refractivity contribution < 1.29 is 0 Å². The Morgan fingerprint density at radius 1 is 1.39 bits per heavy atom. The third-order valence-corrected chi connectivity index (χ3v) is 4.30. The lowest BCUT2D eigenvalue weighted by Gasteiger charge is -2.33. The predicted molar refractivity (Wildman–Crippen MR) is 72.6 cm³/mol. The number of hydrogen-bond acceptors (Lipinski definition) is 3. The molecule has 4 heteroatoms. The minimum absolute atomic E-state index is 0.687. The van der Waals surface area contributed by atoms with E-state index in [0.29, 0.717) is 6.04 Å². The molecule has 2 aliphatic heterocycles. The van der Waals surface area contributed by atoms with Crippen LogP contribution in [0, 0.1) is 0 Å². The Balaban J connectivity index is 1.67. The summed E-state index contributed by atoms with van der Waals surface area (Å²) in [5.74, 6) is 0. The molecule has 100 valence electrons. The Morgan fingerprint density at radius 3 is 3.00 bits per heavy atom. The number of rotatable bonds is 3. The minimum Gasteiger partial charge on any atom is -0.331 e. The molecule has 1 fully saturated rings. The summed E-state index contributed by atoms with van der Waals surface area (Å²) in [6.07, 6.45) is 7.07.